The molecule has 2 aromatic rings. The van der Waals surface area contributed by atoms with E-state index < -0.39 is 16.2 Å². The van der Waals surface area contributed by atoms with Crippen LogP contribution < -0.4 is 16.1 Å². The lowest BCUT2D eigenvalue weighted by molar-refractivity contribution is -0.384. The van der Waals surface area contributed by atoms with Crippen LogP contribution in [-0.4, -0.2) is 32.1 Å². The van der Waals surface area contributed by atoms with Crippen LogP contribution in [0.4, 0.5) is 11.4 Å². The maximum absolute atomic E-state index is 12.8. The van der Waals surface area contributed by atoms with Crippen molar-refractivity contribution in [2.75, 3.05) is 18.0 Å². The molecule has 3 aliphatic rings. The molecule has 31 heavy (non-hydrogen) atoms. The fraction of sp³-hybridized carbons (Fsp3) is 0.227. The predicted octanol–water partition coefficient (Wildman–Crippen LogP) is 2.70. The molecule has 0 unspecified atom stereocenters. The number of benzene rings is 2. The fourth-order valence-corrected chi connectivity index (χ4v) is 4.18. The Labute approximate surface area is 176 Å². The Morgan fingerprint density at radius 2 is 1.65 bits per heavy atom. The minimum atomic E-state index is -0.652. The van der Waals surface area contributed by atoms with E-state index in [-0.39, 0.29) is 17.1 Å². The van der Waals surface area contributed by atoms with Crippen molar-refractivity contribution in [2.24, 2.45) is 7.05 Å². The van der Waals surface area contributed by atoms with Crippen LogP contribution in [0.5, 0.6) is 0 Å². The molecule has 0 aliphatic carbocycles. The summed E-state index contributed by atoms with van der Waals surface area (Å²) in [4.78, 5) is 42.3. The second-order valence-corrected chi connectivity index (χ2v) is 7.69. The molecule has 0 bridgehead atoms. The Morgan fingerprint density at radius 3 is 2.32 bits per heavy atom. The maximum Gasteiger partial charge on any atom is 0.352 e. The van der Waals surface area contributed by atoms with Gasteiger partial charge in [-0.2, -0.15) is 4.98 Å². The van der Waals surface area contributed by atoms with Gasteiger partial charge in [-0.05, 0) is 49.2 Å². The van der Waals surface area contributed by atoms with Gasteiger partial charge < -0.3 is 4.90 Å². The van der Waals surface area contributed by atoms with E-state index in [0.29, 0.717) is 16.6 Å². The monoisotopic (exact) mass is 417 g/mol. The van der Waals surface area contributed by atoms with E-state index in [0.717, 1.165) is 23.3 Å². The fourth-order valence-electron chi connectivity index (χ4n) is 4.18. The summed E-state index contributed by atoms with van der Waals surface area (Å²) < 4.78 is 2.65. The quantitative estimate of drug-likeness (QED) is 0.288. The van der Waals surface area contributed by atoms with Crippen molar-refractivity contribution in [3.63, 3.8) is 0 Å². The largest absolute Gasteiger partial charge is 0.372 e. The van der Waals surface area contributed by atoms with Crippen LogP contribution >= 0.6 is 0 Å². The lowest BCUT2D eigenvalue weighted by atomic mass is 10.1. The number of nitrogens with zero attached hydrogens (tertiary/aromatic N) is 5. The molecule has 1 saturated heterocycles. The van der Waals surface area contributed by atoms with Crippen LogP contribution in [0, 0.1) is 10.1 Å². The van der Waals surface area contributed by atoms with E-state index >= 15 is 0 Å². The summed E-state index contributed by atoms with van der Waals surface area (Å²) in [6.45, 7) is 2.04. The van der Waals surface area contributed by atoms with E-state index in [4.69, 9.17) is 0 Å². The van der Waals surface area contributed by atoms with Crippen molar-refractivity contribution in [1.82, 2.24) is 14.1 Å². The molecule has 0 saturated carbocycles. The third-order valence-electron chi connectivity index (χ3n) is 5.82. The van der Waals surface area contributed by atoms with Crippen LogP contribution in [0.1, 0.15) is 12.8 Å². The first-order valence-electron chi connectivity index (χ1n) is 10.0. The number of anilines is 1. The van der Waals surface area contributed by atoms with E-state index in [1.807, 2.05) is 24.3 Å². The minimum absolute atomic E-state index is 0.0759. The van der Waals surface area contributed by atoms with Gasteiger partial charge in [-0.15, -0.1) is 0 Å². The van der Waals surface area contributed by atoms with Crippen molar-refractivity contribution >= 4 is 22.3 Å². The molecule has 3 aliphatic heterocycles. The number of nitro groups is 1. The zero-order valence-electron chi connectivity index (χ0n) is 16.8. The summed E-state index contributed by atoms with van der Waals surface area (Å²) >= 11 is 0. The molecule has 0 aromatic heterocycles. The SMILES string of the molecule is Cn1c(=O)nc2n(-c3ccc(N4CCCC4)cc3)c3ccc([N+](=O)[O-])cc3cc-2c1=O. The van der Waals surface area contributed by atoms with E-state index in [2.05, 4.69) is 9.88 Å². The zero-order chi connectivity index (χ0) is 21.7. The summed E-state index contributed by atoms with van der Waals surface area (Å²) in [6, 6.07) is 13.8. The normalized spacial score (nSPS) is 13.9. The Balaban J connectivity index is 1.80. The van der Waals surface area contributed by atoms with Gasteiger partial charge in [-0.25, -0.2) is 4.79 Å². The number of hydrogen-bond acceptors (Lipinski definition) is 6. The van der Waals surface area contributed by atoms with Crippen LogP contribution in [0.2, 0.25) is 0 Å². The van der Waals surface area contributed by atoms with Crippen molar-refractivity contribution in [3.8, 4) is 17.1 Å². The van der Waals surface area contributed by atoms with Gasteiger partial charge in [0.15, 0.2) is 5.82 Å². The molecule has 0 N–H and O–H groups in total. The Morgan fingerprint density at radius 1 is 0.968 bits per heavy atom. The standard InChI is InChI=1S/C22H19N5O4/c1-24-21(28)18-13-14-12-17(27(30)31)8-9-19(14)26(20(18)23-22(24)29)16-6-4-15(5-7-16)25-10-2-3-11-25/h4-9,12-13H,2-3,10-11H2,1H3. The van der Waals surface area contributed by atoms with Gasteiger partial charge in [0.05, 0.1) is 16.0 Å². The van der Waals surface area contributed by atoms with Gasteiger partial charge in [0.25, 0.3) is 11.2 Å². The molecule has 9 heteroatoms. The number of rotatable bonds is 3. The topological polar surface area (TPSA) is 103 Å². The maximum atomic E-state index is 12.8. The predicted molar refractivity (Wildman–Crippen MR) is 117 cm³/mol. The van der Waals surface area contributed by atoms with Gasteiger partial charge in [0, 0.05) is 49.0 Å². The Kier molecular flexibility index (Phi) is 4.32. The number of nitro benzene ring substituents is 1. The van der Waals surface area contributed by atoms with Gasteiger partial charge in [-0.1, -0.05) is 0 Å². The number of non-ortho nitro benzene ring substituents is 1. The lowest BCUT2D eigenvalue weighted by Gasteiger charge is -2.20. The number of hydrogen-bond donors (Lipinski definition) is 0. The third-order valence-corrected chi connectivity index (χ3v) is 5.82. The average Bonchev–Trinajstić information content (AvgIpc) is 3.31. The summed E-state index contributed by atoms with van der Waals surface area (Å²) in [6.07, 6.45) is 2.34. The highest BCUT2D eigenvalue weighted by atomic mass is 16.6. The van der Waals surface area contributed by atoms with Gasteiger partial charge in [0.2, 0.25) is 0 Å². The zero-order valence-corrected chi connectivity index (χ0v) is 16.8. The van der Waals surface area contributed by atoms with Crippen LogP contribution in [0.15, 0.2) is 58.1 Å². The summed E-state index contributed by atoms with van der Waals surface area (Å²) in [5.41, 5.74) is 1.44. The first-order valence-corrected chi connectivity index (χ1v) is 10.0. The highest BCUT2D eigenvalue weighted by Gasteiger charge is 2.21. The molecule has 2 aromatic carbocycles. The average molecular weight is 417 g/mol. The van der Waals surface area contributed by atoms with E-state index in [1.54, 1.807) is 16.7 Å². The molecule has 5 rings (SSSR count). The molecule has 0 amide bonds. The molecular weight excluding hydrogens is 398 g/mol. The van der Waals surface area contributed by atoms with Gasteiger partial charge in [0.1, 0.15) is 0 Å². The van der Waals surface area contributed by atoms with Crippen molar-refractivity contribution in [1.29, 1.82) is 0 Å². The third kappa shape index (κ3) is 3.05. The minimum Gasteiger partial charge on any atom is -0.372 e. The van der Waals surface area contributed by atoms with E-state index in [1.165, 1.54) is 32.0 Å². The molecule has 156 valence electrons. The Hall–Kier alpha value is -4.01. The highest BCUT2D eigenvalue weighted by molar-refractivity contribution is 5.89. The van der Waals surface area contributed by atoms with Crippen molar-refractivity contribution in [2.45, 2.75) is 12.8 Å². The second kappa shape index (κ2) is 7.05. The first kappa shape index (κ1) is 19.0. The number of pyridine rings is 1. The molecule has 0 atom stereocenters. The van der Waals surface area contributed by atoms with Gasteiger partial charge >= 0.3 is 5.69 Å². The molecule has 9 nitrogen and oxygen atoms in total. The van der Waals surface area contributed by atoms with Crippen molar-refractivity contribution < 1.29 is 4.92 Å². The lowest BCUT2D eigenvalue weighted by Crippen LogP contribution is -2.35. The first-order chi connectivity index (χ1) is 14.9. The highest BCUT2D eigenvalue weighted by Crippen LogP contribution is 2.31. The molecule has 3 heterocycles. The van der Waals surface area contributed by atoms with E-state index in [9.17, 15) is 19.7 Å². The van der Waals surface area contributed by atoms with Crippen LogP contribution in [-0.2, 0) is 7.05 Å². The van der Waals surface area contributed by atoms with Gasteiger partial charge in [-0.3, -0.25) is 24.0 Å². The van der Waals surface area contributed by atoms with Crippen molar-refractivity contribution in [3.05, 3.63) is 79.5 Å². The summed E-state index contributed by atoms with van der Waals surface area (Å²) in [5, 5.41) is 11.8. The molecule has 1 fully saturated rings. The molecule has 0 spiro atoms. The molecular formula is C22H19N5O4. The van der Waals surface area contributed by atoms with Crippen LogP contribution in [0.25, 0.3) is 28.0 Å². The summed E-state index contributed by atoms with van der Waals surface area (Å²) in [5.74, 6) is 0.225. The second-order valence-electron chi connectivity index (χ2n) is 7.69. The molecule has 0 radical (unpaired) electrons. The number of aromatic nitrogens is 3. The Bertz CT molecular complexity index is 1420. The smallest absolute Gasteiger partial charge is 0.352 e. The number of fused-ring (bicyclic) bond motifs is 2. The summed E-state index contributed by atoms with van der Waals surface area (Å²) in [7, 11) is 1.37. The van der Waals surface area contributed by atoms with Crippen LogP contribution in [0.3, 0.4) is 0 Å².